The van der Waals surface area contributed by atoms with Crippen molar-refractivity contribution in [1.82, 2.24) is 5.32 Å². The maximum absolute atomic E-state index is 9.82. The van der Waals surface area contributed by atoms with Crippen LogP contribution in [-0.2, 0) is 4.74 Å². The summed E-state index contributed by atoms with van der Waals surface area (Å²) < 4.78 is 5.71. The molecule has 0 aromatic rings. The van der Waals surface area contributed by atoms with Crippen LogP contribution in [0.5, 0.6) is 0 Å². The molecule has 2 saturated carbocycles. The van der Waals surface area contributed by atoms with Gasteiger partial charge >= 0.3 is 0 Å². The van der Waals surface area contributed by atoms with Crippen LogP contribution >= 0.6 is 11.8 Å². The highest BCUT2D eigenvalue weighted by Gasteiger charge is 2.40. The summed E-state index contributed by atoms with van der Waals surface area (Å²) in [5, 5.41) is 14.2. The van der Waals surface area contributed by atoms with Crippen LogP contribution < -0.4 is 5.32 Å². The SMILES string of the molecule is OCC1(NC2CC2)CCCC(SCC2CCCO2)C1. The first-order valence-electron chi connectivity index (χ1n) is 7.91. The first-order chi connectivity index (χ1) is 9.30. The summed E-state index contributed by atoms with van der Waals surface area (Å²) >= 11 is 2.08. The second-order valence-corrected chi connectivity index (χ2v) is 7.88. The van der Waals surface area contributed by atoms with Crippen molar-refractivity contribution in [2.75, 3.05) is 19.0 Å². The van der Waals surface area contributed by atoms with Crippen molar-refractivity contribution >= 4 is 11.8 Å². The smallest absolute Gasteiger partial charge is 0.0666 e. The Morgan fingerprint density at radius 3 is 2.79 bits per heavy atom. The summed E-state index contributed by atoms with van der Waals surface area (Å²) in [4.78, 5) is 0. The van der Waals surface area contributed by atoms with E-state index in [0.29, 0.717) is 24.0 Å². The Bertz CT molecular complexity index is 292. The Morgan fingerprint density at radius 2 is 2.11 bits per heavy atom. The largest absolute Gasteiger partial charge is 0.394 e. The number of ether oxygens (including phenoxy) is 1. The molecule has 0 aromatic heterocycles. The lowest BCUT2D eigenvalue weighted by molar-refractivity contribution is 0.120. The van der Waals surface area contributed by atoms with Gasteiger partial charge in [-0.3, -0.25) is 0 Å². The number of aliphatic hydroxyl groups excluding tert-OH is 1. The highest BCUT2D eigenvalue weighted by Crippen LogP contribution is 2.38. The second kappa shape index (κ2) is 6.33. The number of hydrogen-bond donors (Lipinski definition) is 2. The molecule has 0 amide bonds. The molecule has 3 aliphatic rings. The van der Waals surface area contributed by atoms with Crippen molar-refractivity contribution in [2.45, 2.75) is 74.3 Å². The molecule has 3 nitrogen and oxygen atoms in total. The Balaban J connectivity index is 1.48. The van der Waals surface area contributed by atoms with Crippen LogP contribution in [0.4, 0.5) is 0 Å². The molecule has 0 spiro atoms. The van der Waals surface area contributed by atoms with E-state index in [0.717, 1.165) is 25.2 Å². The van der Waals surface area contributed by atoms with Gasteiger partial charge in [-0.2, -0.15) is 11.8 Å². The maximum Gasteiger partial charge on any atom is 0.0666 e. The van der Waals surface area contributed by atoms with Gasteiger partial charge in [-0.15, -0.1) is 0 Å². The number of aliphatic hydroxyl groups is 1. The van der Waals surface area contributed by atoms with Gasteiger partial charge in [0.2, 0.25) is 0 Å². The predicted octanol–water partition coefficient (Wildman–Crippen LogP) is 2.32. The number of nitrogens with one attached hydrogen (secondary N) is 1. The van der Waals surface area contributed by atoms with E-state index >= 15 is 0 Å². The van der Waals surface area contributed by atoms with Gasteiger partial charge in [0.1, 0.15) is 0 Å². The Kier molecular flexibility index (Phi) is 4.73. The third-order valence-corrected chi connectivity index (χ3v) is 6.17. The van der Waals surface area contributed by atoms with Crippen LogP contribution in [0.25, 0.3) is 0 Å². The van der Waals surface area contributed by atoms with E-state index in [1.54, 1.807) is 0 Å². The molecule has 19 heavy (non-hydrogen) atoms. The van der Waals surface area contributed by atoms with Crippen molar-refractivity contribution in [3.63, 3.8) is 0 Å². The van der Waals surface area contributed by atoms with E-state index in [-0.39, 0.29) is 5.54 Å². The van der Waals surface area contributed by atoms with Gasteiger partial charge in [0.25, 0.3) is 0 Å². The second-order valence-electron chi connectivity index (χ2n) is 6.54. The maximum atomic E-state index is 9.82. The number of thioether (sulfide) groups is 1. The first-order valence-corrected chi connectivity index (χ1v) is 8.96. The normalized spacial score (nSPS) is 39.6. The summed E-state index contributed by atoms with van der Waals surface area (Å²) in [6.45, 7) is 1.26. The van der Waals surface area contributed by atoms with E-state index in [1.165, 1.54) is 38.5 Å². The first kappa shape index (κ1) is 14.2. The summed E-state index contributed by atoms with van der Waals surface area (Å²) in [6.07, 6.45) is 10.4. The van der Waals surface area contributed by atoms with Crippen LogP contribution in [-0.4, -0.2) is 47.0 Å². The zero-order valence-corrected chi connectivity index (χ0v) is 12.6. The minimum absolute atomic E-state index is 0.0214. The van der Waals surface area contributed by atoms with E-state index in [9.17, 15) is 5.11 Å². The molecule has 0 radical (unpaired) electrons. The van der Waals surface area contributed by atoms with Crippen molar-refractivity contribution in [3.8, 4) is 0 Å². The van der Waals surface area contributed by atoms with Crippen LogP contribution in [0.15, 0.2) is 0 Å². The Morgan fingerprint density at radius 1 is 1.21 bits per heavy atom. The van der Waals surface area contributed by atoms with Crippen LogP contribution in [0, 0.1) is 0 Å². The molecule has 2 N–H and O–H groups in total. The topological polar surface area (TPSA) is 41.5 Å². The molecule has 2 aliphatic carbocycles. The van der Waals surface area contributed by atoms with Crippen molar-refractivity contribution in [2.24, 2.45) is 0 Å². The van der Waals surface area contributed by atoms with Gasteiger partial charge in [0.15, 0.2) is 0 Å². The Labute approximate surface area is 120 Å². The van der Waals surface area contributed by atoms with E-state index < -0.39 is 0 Å². The predicted molar refractivity (Wildman–Crippen MR) is 79.7 cm³/mol. The summed E-state index contributed by atoms with van der Waals surface area (Å²) in [5.41, 5.74) is 0.0214. The molecule has 1 saturated heterocycles. The van der Waals surface area contributed by atoms with Gasteiger partial charge in [-0.1, -0.05) is 6.42 Å². The van der Waals surface area contributed by atoms with Gasteiger partial charge in [0.05, 0.1) is 12.7 Å². The van der Waals surface area contributed by atoms with Gasteiger partial charge < -0.3 is 15.2 Å². The average Bonchev–Trinajstić information content (AvgIpc) is 3.08. The monoisotopic (exact) mass is 285 g/mol. The summed E-state index contributed by atoms with van der Waals surface area (Å²) in [5.74, 6) is 1.15. The fourth-order valence-electron chi connectivity index (χ4n) is 3.45. The molecule has 110 valence electrons. The lowest BCUT2D eigenvalue weighted by Gasteiger charge is -2.40. The number of rotatable bonds is 6. The lowest BCUT2D eigenvalue weighted by Crippen LogP contribution is -2.53. The third kappa shape index (κ3) is 3.87. The molecule has 0 aromatic carbocycles. The molecule has 3 unspecified atom stereocenters. The highest BCUT2D eigenvalue weighted by atomic mass is 32.2. The quantitative estimate of drug-likeness (QED) is 0.786. The molecule has 4 heteroatoms. The number of hydrogen-bond acceptors (Lipinski definition) is 4. The highest BCUT2D eigenvalue weighted by molar-refractivity contribution is 7.99. The van der Waals surface area contributed by atoms with Gasteiger partial charge in [-0.05, 0) is 44.9 Å². The molecule has 0 bridgehead atoms. The standard InChI is InChI=1S/C15H27NO2S/c17-11-15(16-12-5-6-12)7-1-4-14(9-15)19-10-13-3-2-8-18-13/h12-14,16-17H,1-11H2. The minimum Gasteiger partial charge on any atom is -0.394 e. The fourth-order valence-corrected chi connectivity index (χ4v) is 4.97. The van der Waals surface area contributed by atoms with Crippen molar-refractivity contribution in [3.05, 3.63) is 0 Å². The van der Waals surface area contributed by atoms with Crippen molar-refractivity contribution in [1.29, 1.82) is 0 Å². The summed E-state index contributed by atoms with van der Waals surface area (Å²) in [6, 6.07) is 0.689. The fraction of sp³-hybridized carbons (Fsp3) is 1.00. The zero-order chi connectivity index (χ0) is 13.1. The Hall–Kier alpha value is 0.230. The van der Waals surface area contributed by atoms with E-state index in [4.69, 9.17) is 4.74 Å². The van der Waals surface area contributed by atoms with Crippen LogP contribution in [0.3, 0.4) is 0 Å². The van der Waals surface area contributed by atoms with Crippen molar-refractivity contribution < 1.29 is 9.84 Å². The lowest BCUT2D eigenvalue weighted by atomic mass is 9.82. The van der Waals surface area contributed by atoms with Gasteiger partial charge in [0, 0.05) is 29.2 Å². The molecule has 3 rings (SSSR count). The summed E-state index contributed by atoms with van der Waals surface area (Å²) in [7, 11) is 0. The molecular weight excluding hydrogens is 258 g/mol. The van der Waals surface area contributed by atoms with E-state index in [2.05, 4.69) is 17.1 Å². The zero-order valence-electron chi connectivity index (χ0n) is 11.8. The van der Waals surface area contributed by atoms with Crippen LogP contribution in [0.1, 0.15) is 51.4 Å². The molecule has 1 aliphatic heterocycles. The van der Waals surface area contributed by atoms with E-state index in [1.807, 2.05) is 0 Å². The van der Waals surface area contributed by atoms with Gasteiger partial charge in [-0.25, -0.2) is 0 Å². The average molecular weight is 285 g/mol. The minimum atomic E-state index is 0.0214. The molecule has 3 atom stereocenters. The molecule has 1 heterocycles. The molecular formula is C15H27NO2S. The molecule has 3 fully saturated rings. The third-order valence-electron chi connectivity index (χ3n) is 4.73. The van der Waals surface area contributed by atoms with Crippen LogP contribution in [0.2, 0.25) is 0 Å².